The molecule has 58 heavy (non-hydrogen) atoms. The Bertz CT molecular complexity index is 2080. The lowest BCUT2D eigenvalue weighted by Crippen LogP contribution is -2.60. The highest BCUT2D eigenvalue weighted by molar-refractivity contribution is 7.91. The van der Waals surface area contributed by atoms with E-state index in [1.54, 1.807) is 31.2 Å². The first-order valence-corrected chi connectivity index (χ1v) is 21.0. The molecule has 2 aliphatic carbocycles. The van der Waals surface area contributed by atoms with Crippen LogP contribution < -0.4 is 24.8 Å². The van der Waals surface area contributed by atoms with Gasteiger partial charge in [0.25, 0.3) is 5.91 Å². The molecule has 0 spiro atoms. The van der Waals surface area contributed by atoms with Crippen LogP contribution in [0.25, 0.3) is 11.0 Å². The third-order valence-corrected chi connectivity index (χ3v) is 14.1. The predicted molar refractivity (Wildman–Crippen MR) is 204 cm³/mol. The Morgan fingerprint density at radius 2 is 1.84 bits per heavy atom. The van der Waals surface area contributed by atoms with Crippen molar-refractivity contribution in [2.75, 3.05) is 13.7 Å². The van der Waals surface area contributed by atoms with Crippen molar-refractivity contribution in [1.29, 1.82) is 0 Å². The van der Waals surface area contributed by atoms with Crippen molar-refractivity contribution in [3.8, 4) is 11.6 Å². The van der Waals surface area contributed by atoms with E-state index in [9.17, 15) is 40.8 Å². The van der Waals surface area contributed by atoms with Crippen molar-refractivity contribution in [3.63, 3.8) is 0 Å². The molecule has 3 fully saturated rings. The highest BCUT2D eigenvalue weighted by Crippen LogP contribution is 2.47. The number of alkyl halides is 3. The summed E-state index contributed by atoms with van der Waals surface area (Å²) in [4.78, 5) is 66.5. The molecule has 1 saturated heterocycles. The topological polar surface area (TPSA) is 195 Å². The number of carbonyl (C=O) groups excluding carboxylic acids is 4. The van der Waals surface area contributed by atoms with E-state index in [-0.39, 0.29) is 31.2 Å². The number of amides is 4. The minimum atomic E-state index is -4.92. The van der Waals surface area contributed by atoms with Gasteiger partial charge < -0.3 is 29.7 Å². The summed E-state index contributed by atoms with van der Waals surface area (Å²) < 4.78 is 85.1. The van der Waals surface area contributed by atoms with Crippen molar-refractivity contribution in [1.82, 2.24) is 30.2 Å². The van der Waals surface area contributed by atoms with E-state index in [1.807, 2.05) is 13.0 Å². The van der Waals surface area contributed by atoms with Crippen LogP contribution in [0, 0.1) is 17.8 Å². The van der Waals surface area contributed by atoms with Crippen molar-refractivity contribution in [3.05, 3.63) is 36.5 Å². The highest BCUT2D eigenvalue weighted by Gasteiger charge is 2.63. The molecule has 7 atom stereocenters. The summed E-state index contributed by atoms with van der Waals surface area (Å²) in [6, 6.07) is 2.32. The number of benzene rings is 1. The summed E-state index contributed by atoms with van der Waals surface area (Å²) in [7, 11) is -2.58. The summed E-state index contributed by atoms with van der Waals surface area (Å²) >= 11 is 0. The number of ether oxygens (including phenoxy) is 3. The first kappa shape index (κ1) is 42.9. The molecule has 0 radical (unpaired) electrons. The zero-order valence-corrected chi connectivity index (χ0v) is 34.2. The van der Waals surface area contributed by atoms with E-state index in [4.69, 9.17) is 14.2 Å². The molecule has 15 nitrogen and oxygen atoms in total. The number of alkyl carbamates (subject to hydrolysis) is 1. The number of hydrogen-bond acceptors (Lipinski definition) is 11. The number of allylic oxidation sites excluding steroid dienone is 1. The minimum Gasteiger partial charge on any atom is -0.497 e. The molecule has 318 valence electrons. The number of sulfonamides is 1. The molecular weight excluding hydrogens is 786 g/mol. The molecule has 1 aromatic heterocycles. The molecule has 7 unspecified atom stereocenters. The molecule has 2 aliphatic heterocycles. The van der Waals surface area contributed by atoms with Crippen LogP contribution in [0.15, 0.2) is 36.5 Å². The van der Waals surface area contributed by atoms with Crippen LogP contribution in [0.4, 0.5) is 18.0 Å². The molecule has 3 N–H and O–H groups in total. The Hall–Kier alpha value is -4.68. The molecule has 3 heterocycles. The maximum absolute atomic E-state index is 14.8. The second-order valence-electron chi connectivity index (χ2n) is 16.7. The van der Waals surface area contributed by atoms with Gasteiger partial charge in [-0.05, 0) is 83.3 Å². The Morgan fingerprint density at radius 1 is 1.12 bits per heavy atom. The second-order valence-corrected chi connectivity index (χ2v) is 18.9. The second kappa shape index (κ2) is 15.8. The number of nitrogens with one attached hydrogen (secondary N) is 3. The van der Waals surface area contributed by atoms with Gasteiger partial charge in [0.2, 0.25) is 33.3 Å². The number of aromatic nitrogens is 2. The molecule has 2 aromatic rings. The van der Waals surface area contributed by atoms with E-state index >= 15 is 0 Å². The predicted octanol–water partition coefficient (Wildman–Crippen LogP) is 4.70. The lowest BCUT2D eigenvalue weighted by atomic mass is 9.85. The number of methoxy groups -OCH3 is 1. The van der Waals surface area contributed by atoms with Gasteiger partial charge in [0.15, 0.2) is 0 Å². The van der Waals surface area contributed by atoms with Crippen molar-refractivity contribution >= 4 is 44.9 Å². The molecule has 19 heteroatoms. The van der Waals surface area contributed by atoms with Crippen molar-refractivity contribution in [2.24, 2.45) is 17.8 Å². The van der Waals surface area contributed by atoms with E-state index in [0.717, 1.165) is 0 Å². The van der Waals surface area contributed by atoms with Crippen LogP contribution in [0.1, 0.15) is 86.0 Å². The fourth-order valence-corrected chi connectivity index (χ4v) is 8.90. The summed E-state index contributed by atoms with van der Waals surface area (Å²) in [5.41, 5.74) is -3.55. The monoisotopic (exact) mass is 836 g/mol. The zero-order valence-electron chi connectivity index (χ0n) is 33.4. The van der Waals surface area contributed by atoms with Gasteiger partial charge >= 0.3 is 12.3 Å². The first-order valence-electron chi connectivity index (χ1n) is 19.5. The average molecular weight is 837 g/mol. The quantitative estimate of drug-likeness (QED) is 0.297. The summed E-state index contributed by atoms with van der Waals surface area (Å²) in [5.74, 6) is -3.05. The van der Waals surface area contributed by atoms with E-state index in [2.05, 4.69) is 25.3 Å². The zero-order chi connectivity index (χ0) is 42.4. The Kier molecular flexibility index (Phi) is 11.7. The Morgan fingerprint density at radius 3 is 2.50 bits per heavy atom. The van der Waals surface area contributed by atoms with Crippen LogP contribution in [0.5, 0.6) is 11.6 Å². The van der Waals surface area contributed by atoms with Crippen LogP contribution in [0.3, 0.4) is 0 Å². The number of carbonyl (C=O) groups is 4. The average Bonchev–Trinajstić information content (AvgIpc) is 4.03. The third-order valence-electron chi connectivity index (χ3n) is 11.9. The fraction of sp³-hybridized carbons (Fsp3) is 0.641. The van der Waals surface area contributed by atoms with Crippen LogP contribution in [-0.2, 0) is 29.1 Å². The fourth-order valence-electron chi connectivity index (χ4n) is 7.59. The number of halogens is 3. The van der Waals surface area contributed by atoms with Gasteiger partial charge in [0, 0.05) is 18.4 Å². The molecular formula is C39H51F3N6O9S. The maximum Gasteiger partial charge on any atom is 0.427 e. The summed E-state index contributed by atoms with van der Waals surface area (Å²) in [5, 5.41) is 5.20. The molecule has 4 amide bonds. The van der Waals surface area contributed by atoms with Gasteiger partial charge in [-0.25, -0.2) is 23.2 Å². The maximum atomic E-state index is 14.8. The third kappa shape index (κ3) is 8.83. The summed E-state index contributed by atoms with van der Waals surface area (Å²) in [6.07, 6.45) is 0.360. The molecule has 2 saturated carbocycles. The molecule has 1 aromatic carbocycles. The van der Waals surface area contributed by atoms with Crippen molar-refractivity contribution < 1.29 is 55.0 Å². The van der Waals surface area contributed by atoms with E-state index < -0.39 is 85.9 Å². The van der Waals surface area contributed by atoms with Gasteiger partial charge in [-0.15, -0.1) is 0 Å². The van der Waals surface area contributed by atoms with Crippen LogP contribution >= 0.6 is 0 Å². The number of rotatable bonds is 9. The van der Waals surface area contributed by atoms with Gasteiger partial charge in [-0.1, -0.05) is 32.4 Å². The smallest absolute Gasteiger partial charge is 0.427 e. The highest BCUT2D eigenvalue weighted by atomic mass is 32.2. The van der Waals surface area contributed by atoms with Crippen LogP contribution in [0.2, 0.25) is 0 Å². The standard InChI is InChI=1S/C39H51F3N6O9S/c1-7-23-16-22(2)10-8-9-11-24-19-38(24,34(51)47-58(53,54)37(5)14-15-37)46-32(49)29-18-26(56-30-20-43-27-13-12-25(55-6)17-28(27)44-30)21-48(29)33(50)31(23)45-35(52)57-36(3,4)39(40,41)42/h9,11-13,17,20,22-24,26,29,31H,7-8,10,14-16,18-19,21H2,1-6H3,(H,45,52)(H,46,49)(H,47,51). The van der Waals surface area contributed by atoms with Crippen LogP contribution in [-0.4, -0.2) is 101 Å². The SMILES string of the molecule is CCC1CC(C)CCC=CC2CC2(C(=O)NS(=O)(=O)C2(C)CC2)NC(=O)C2CC(Oc3cnc4ccc(OC)cc4n3)CN2C(=O)C1NC(=O)OC(C)(C)C(F)(F)F. The normalized spacial score (nSPS) is 28.9. The molecule has 4 aliphatic rings. The molecule has 0 bridgehead atoms. The lowest BCUT2D eigenvalue weighted by Gasteiger charge is -2.35. The molecule has 6 rings (SSSR count). The van der Waals surface area contributed by atoms with E-state index in [0.29, 0.717) is 69.2 Å². The minimum absolute atomic E-state index is 0.0357. The number of hydrogen-bond donors (Lipinski definition) is 3. The Balaban J connectivity index is 1.35. The Labute approximate surface area is 335 Å². The van der Waals surface area contributed by atoms with Gasteiger partial charge in [0.05, 0.1) is 35.6 Å². The number of nitrogens with zero attached hydrogens (tertiary/aromatic N) is 3. The van der Waals surface area contributed by atoms with Gasteiger partial charge in [-0.2, -0.15) is 13.2 Å². The lowest BCUT2D eigenvalue weighted by molar-refractivity contribution is -0.244. The van der Waals surface area contributed by atoms with Gasteiger partial charge in [-0.3, -0.25) is 19.1 Å². The number of fused-ring (bicyclic) bond motifs is 3. The largest absolute Gasteiger partial charge is 0.497 e. The summed E-state index contributed by atoms with van der Waals surface area (Å²) in [6.45, 7) is 6.44. The first-order chi connectivity index (χ1) is 27.1. The van der Waals surface area contributed by atoms with Gasteiger partial charge in [0.1, 0.15) is 29.5 Å². The van der Waals surface area contributed by atoms with E-state index in [1.165, 1.54) is 25.1 Å². The van der Waals surface area contributed by atoms with Crippen molar-refractivity contribution in [2.45, 2.75) is 126 Å².